The molecule has 20 heavy (non-hydrogen) atoms. The van der Waals surface area contributed by atoms with Crippen molar-refractivity contribution < 1.29 is 0 Å². The van der Waals surface area contributed by atoms with Crippen molar-refractivity contribution in [1.82, 2.24) is 10.2 Å². The van der Waals surface area contributed by atoms with Gasteiger partial charge in [0.1, 0.15) is 5.66 Å². The van der Waals surface area contributed by atoms with Crippen LogP contribution >= 0.6 is 11.6 Å². The van der Waals surface area contributed by atoms with E-state index >= 15 is 0 Å². The van der Waals surface area contributed by atoms with E-state index in [2.05, 4.69) is 46.6 Å². The van der Waals surface area contributed by atoms with Crippen molar-refractivity contribution in [3.63, 3.8) is 0 Å². The summed E-state index contributed by atoms with van der Waals surface area (Å²) in [5, 5.41) is 4.53. The van der Waals surface area contributed by atoms with E-state index in [1.165, 1.54) is 16.7 Å². The van der Waals surface area contributed by atoms with Gasteiger partial charge in [0.05, 0.1) is 0 Å². The lowest BCUT2D eigenvalue weighted by molar-refractivity contribution is 0.0945. The van der Waals surface area contributed by atoms with Gasteiger partial charge in [0, 0.05) is 31.1 Å². The highest BCUT2D eigenvalue weighted by Gasteiger charge is 2.45. The number of rotatable bonds is 1. The number of fused-ring (bicyclic) bond motifs is 2. The summed E-state index contributed by atoms with van der Waals surface area (Å²) in [6.45, 7) is 3.15. The van der Waals surface area contributed by atoms with Gasteiger partial charge in [-0.15, -0.1) is 0 Å². The first-order valence-corrected chi connectivity index (χ1v) is 7.49. The molecule has 1 N–H and O–H groups in total. The number of benzene rings is 2. The third-order valence-electron chi connectivity index (χ3n) is 4.59. The minimum atomic E-state index is -0.0566. The van der Waals surface area contributed by atoms with E-state index in [4.69, 9.17) is 11.6 Å². The Morgan fingerprint density at radius 3 is 2.55 bits per heavy atom. The predicted octanol–water partition coefficient (Wildman–Crippen LogP) is 3.15. The van der Waals surface area contributed by atoms with Crippen LogP contribution in [0.25, 0.3) is 0 Å². The Bertz CT molecular complexity index is 638. The summed E-state index contributed by atoms with van der Waals surface area (Å²) in [4.78, 5) is 2.55. The Morgan fingerprint density at radius 1 is 1.00 bits per heavy atom. The van der Waals surface area contributed by atoms with Gasteiger partial charge in [0.2, 0.25) is 0 Å². The van der Waals surface area contributed by atoms with Crippen molar-refractivity contribution >= 4 is 11.6 Å². The van der Waals surface area contributed by atoms with Gasteiger partial charge in [-0.2, -0.15) is 0 Å². The monoisotopic (exact) mass is 284 g/mol. The fraction of sp³-hybridized carbons (Fsp3) is 0.294. The van der Waals surface area contributed by atoms with Crippen LogP contribution in [-0.2, 0) is 18.6 Å². The Morgan fingerprint density at radius 2 is 1.75 bits per heavy atom. The summed E-state index contributed by atoms with van der Waals surface area (Å²) in [6, 6.07) is 17.1. The summed E-state index contributed by atoms with van der Waals surface area (Å²) in [7, 11) is 0. The van der Waals surface area contributed by atoms with Crippen molar-refractivity contribution in [2.24, 2.45) is 0 Å². The van der Waals surface area contributed by atoms with E-state index in [-0.39, 0.29) is 5.66 Å². The van der Waals surface area contributed by atoms with Gasteiger partial charge in [0.25, 0.3) is 0 Å². The molecule has 2 aliphatic heterocycles. The second kappa shape index (κ2) is 4.59. The van der Waals surface area contributed by atoms with Gasteiger partial charge in [-0.05, 0) is 28.8 Å². The molecule has 4 rings (SSSR count). The van der Waals surface area contributed by atoms with Crippen LogP contribution in [0, 0.1) is 0 Å². The molecule has 0 aromatic heterocycles. The predicted molar refractivity (Wildman–Crippen MR) is 81.7 cm³/mol. The molecule has 0 radical (unpaired) electrons. The maximum atomic E-state index is 6.04. The van der Waals surface area contributed by atoms with Gasteiger partial charge in [-0.1, -0.05) is 48.0 Å². The van der Waals surface area contributed by atoms with Crippen molar-refractivity contribution in [3.05, 3.63) is 70.2 Å². The zero-order valence-corrected chi connectivity index (χ0v) is 12.0. The van der Waals surface area contributed by atoms with Crippen molar-refractivity contribution in [3.8, 4) is 0 Å². The third-order valence-corrected chi connectivity index (χ3v) is 4.84. The van der Waals surface area contributed by atoms with Crippen LogP contribution in [0.4, 0.5) is 0 Å². The average Bonchev–Trinajstić information content (AvgIpc) is 2.89. The second-order valence-electron chi connectivity index (χ2n) is 5.66. The highest BCUT2D eigenvalue weighted by Crippen LogP contribution is 2.39. The normalized spacial score (nSPS) is 25.2. The molecule has 0 saturated carbocycles. The largest absolute Gasteiger partial charge is 0.294 e. The standard InChI is InChI=1S/C17H17ClN2/c18-16-7-5-15(6-8-16)17-11-13-3-1-2-4-14(13)12-20(17)10-9-19-17/h1-8,19H,9-12H2. The van der Waals surface area contributed by atoms with Crippen LogP contribution in [0.5, 0.6) is 0 Å². The first-order valence-electron chi connectivity index (χ1n) is 7.11. The Hall–Kier alpha value is -1.35. The topological polar surface area (TPSA) is 15.3 Å². The second-order valence-corrected chi connectivity index (χ2v) is 6.10. The fourth-order valence-corrected chi connectivity index (χ4v) is 3.69. The van der Waals surface area contributed by atoms with E-state index in [1.807, 2.05) is 12.1 Å². The van der Waals surface area contributed by atoms with E-state index in [0.717, 1.165) is 31.1 Å². The lowest BCUT2D eigenvalue weighted by Gasteiger charge is -2.43. The van der Waals surface area contributed by atoms with E-state index in [9.17, 15) is 0 Å². The Labute approximate surface area is 124 Å². The highest BCUT2D eigenvalue weighted by atomic mass is 35.5. The van der Waals surface area contributed by atoms with Crippen LogP contribution < -0.4 is 5.32 Å². The SMILES string of the molecule is Clc1ccc(C23Cc4ccccc4CN2CCN3)cc1. The van der Waals surface area contributed by atoms with Crippen molar-refractivity contribution in [2.45, 2.75) is 18.6 Å². The molecule has 2 nitrogen and oxygen atoms in total. The molecule has 0 aliphatic carbocycles. The summed E-state index contributed by atoms with van der Waals surface area (Å²) >= 11 is 6.04. The Balaban J connectivity index is 1.81. The highest BCUT2D eigenvalue weighted by molar-refractivity contribution is 6.30. The summed E-state index contributed by atoms with van der Waals surface area (Å²) in [6.07, 6.45) is 1.02. The maximum Gasteiger partial charge on any atom is 0.102 e. The summed E-state index contributed by atoms with van der Waals surface area (Å²) < 4.78 is 0. The van der Waals surface area contributed by atoms with E-state index in [0.29, 0.717) is 0 Å². The molecule has 2 aromatic carbocycles. The van der Waals surface area contributed by atoms with Crippen LogP contribution in [0.2, 0.25) is 5.02 Å². The smallest absolute Gasteiger partial charge is 0.102 e. The van der Waals surface area contributed by atoms with Crippen molar-refractivity contribution in [1.29, 1.82) is 0 Å². The van der Waals surface area contributed by atoms with Crippen LogP contribution in [0.1, 0.15) is 16.7 Å². The first-order chi connectivity index (χ1) is 9.78. The number of hydrogen-bond donors (Lipinski definition) is 1. The van der Waals surface area contributed by atoms with E-state index in [1.54, 1.807) is 0 Å². The average molecular weight is 285 g/mol. The molecule has 2 aliphatic rings. The molecule has 1 saturated heterocycles. The van der Waals surface area contributed by atoms with Gasteiger partial charge in [0.15, 0.2) is 0 Å². The van der Waals surface area contributed by atoms with Gasteiger partial charge < -0.3 is 0 Å². The van der Waals surface area contributed by atoms with Gasteiger partial charge in [-0.3, -0.25) is 10.2 Å². The lowest BCUT2D eigenvalue weighted by Crippen LogP contribution is -2.52. The Kier molecular flexibility index (Phi) is 2.84. The third kappa shape index (κ3) is 1.80. The molecule has 1 fully saturated rings. The molecule has 0 spiro atoms. The molecule has 1 unspecified atom stereocenters. The molecular formula is C17H17ClN2. The number of nitrogens with zero attached hydrogens (tertiary/aromatic N) is 1. The molecule has 3 heteroatoms. The maximum absolute atomic E-state index is 6.04. The fourth-order valence-electron chi connectivity index (χ4n) is 3.57. The minimum Gasteiger partial charge on any atom is -0.294 e. The first kappa shape index (κ1) is 12.4. The van der Waals surface area contributed by atoms with Crippen LogP contribution in [0.3, 0.4) is 0 Å². The molecule has 2 aromatic rings. The molecular weight excluding hydrogens is 268 g/mol. The minimum absolute atomic E-state index is 0.0566. The quantitative estimate of drug-likeness (QED) is 0.865. The van der Waals surface area contributed by atoms with Crippen LogP contribution in [-0.4, -0.2) is 18.0 Å². The molecule has 1 atom stereocenters. The van der Waals surface area contributed by atoms with Gasteiger partial charge >= 0.3 is 0 Å². The zero-order valence-electron chi connectivity index (χ0n) is 11.3. The summed E-state index contributed by atoms with van der Waals surface area (Å²) in [5.74, 6) is 0. The van der Waals surface area contributed by atoms with Crippen LogP contribution in [0.15, 0.2) is 48.5 Å². The molecule has 2 heterocycles. The molecule has 0 amide bonds. The van der Waals surface area contributed by atoms with Gasteiger partial charge in [-0.25, -0.2) is 0 Å². The molecule has 102 valence electrons. The lowest BCUT2D eigenvalue weighted by atomic mass is 9.85. The summed E-state index contributed by atoms with van der Waals surface area (Å²) in [5.41, 5.74) is 4.17. The van der Waals surface area contributed by atoms with E-state index < -0.39 is 0 Å². The van der Waals surface area contributed by atoms with Crippen molar-refractivity contribution in [2.75, 3.05) is 13.1 Å². The zero-order chi connectivity index (χ0) is 13.6. The number of nitrogens with one attached hydrogen (secondary N) is 1. The number of hydrogen-bond acceptors (Lipinski definition) is 2. The molecule has 0 bridgehead atoms. The number of halogens is 1.